The van der Waals surface area contributed by atoms with Gasteiger partial charge in [-0.1, -0.05) is 0 Å². The number of carbonyl (C=O) groups is 1. The van der Waals surface area contributed by atoms with E-state index in [0.717, 1.165) is 0 Å². The van der Waals surface area contributed by atoms with Gasteiger partial charge in [-0.25, -0.2) is 9.00 Å². The van der Waals surface area contributed by atoms with Crippen LogP contribution in [0.25, 0.3) is 0 Å². The first-order valence-electron chi connectivity index (χ1n) is 3.76. The molecule has 0 radical (unpaired) electrons. The van der Waals surface area contributed by atoms with E-state index >= 15 is 0 Å². The number of nitrogens with zero attached hydrogens (tertiary/aromatic N) is 1. The summed E-state index contributed by atoms with van der Waals surface area (Å²) in [5.74, 6) is -0.252. The number of rotatable bonds is 3. The quantitative estimate of drug-likeness (QED) is 0.635. The molecule has 0 bridgehead atoms. The van der Waals surface area contributed by atoms with Crippen LogP contribution < -0.4 is 0 Å². The maximum absolute atomic E-state index is 10.4. The monoisotopic (exact) mass is 209 g/mol. The molecule has 0 aromatic carbocycles. The van der Waals surface area contributed by atoms with Crippen molar-refractivity contribution in [3.8, 4) is 0 Å². The molecule has 13 heavy (non-hydrogen) atoms. The largest absolute Gasteiger partial charge is 0.465 e. The fourth-order valence-corrected chi connectivity index (χ4v) is 1.50. The molecule has 1 unspecified atom stereocenters. The number of carboxylic acid groups (broad SMARTS) is 1. The lowest BCUT2D eigenvalue weighted by Crippen LogP contribution is -2.28. The highest BCUT2D eigenvalue weighted by Gasteiger charge is 2.26. The van der Waals surface area contributed by atoms with Crippen LogP contribution in [0.3, 0.4) is 0 Å². The molecule has 1 aliphatic rings. The highest BCUT2D eigenvalue weighted by molar-refractivity contribution is 7.79. The van der Waals surface area contributed by atoms with Crippen LogP contribution in [-0.2, 0) is 15.8 Å². The first kappa shape index (κ1) is 10.4. The average Bonchev–Trinajstić information content (AvgIpc) is 2.48. The van der Waals surface area contributed by atoms with E-state index in [-0.39, 0.29) is 18.6 Å². The Morgan fingerprint density at radius 3 is 2.85 bits per heavy atom. The van der Waals surface area contributed by atoms with Crippen LogP contribution in [0.4, 0.5) is 4.79 Å². The van der Waals surface area contributed by atoms with Gasteiger partial charge in [-0.2, -0.15) is 0 Å². The molecule has 76 valence electrons. The maximum Gasteiger partial charge on any atom is 0.407 e. The van der Waals surface area contributed by atoms with Crippen LogP contribution in [0.5, 0.6) is 0 Å². The van der Waals surface area contributed by atoms with Crippen LogP contribution in [0, 0.1) is 0 Å². The molecular formula is C6H11NO5S. The van der Waals surface area contributed by atoms with Crippen molar-refractivity contribution < 1.29 is 23.4 Å². The van der Waals surface area contributed by atoms with Gasteiger partial charge in [0.2, 0.25) is 0 Å². The molecule has 0 spiro atoms. The first-order chi connectivity index (χ1) is 6.09. The van der Waals surface area contributed by atoms with Crippen molar-refractivity contribution in [3.63, 3.8) is 0 Å². The van der Waals surface area contributed by atoms with E-state index in [9.17, 15) is 9.00 Å². The summed E-state index contributed by atoms with van der Waals surface area (Å²) in [5, 5.41) is 8.57. The van der Waals surface area contributed by atoms with Crippen LogP contribution in [0.1, 0.15) is 6.42 Å². The molecule has 1 heterocycles. The van der Waals surface area contributed by atoms with E-state index in [4.69, 9.17) is 14.4 Å². The zero-order valence-electron chi connectivity index (χ0n) is 6.88. The third kappa shape index (κ3) is 3.29. The van der Waals surface area contributed by atoms with Crippen molar-refractivity contribution in [3.05, 3.63) is 0 Å². The number of hydrogen-bond acceptors (Lipinski definition) is 3. The minimum absolute atomic E-state index is 0.243. The predicted octanol–water partition coefficient (Wildman–Crippen LogP) is -0.0655. The molecule has 6 nitrogen and oxygen atoms in total. The van der Waals surface area contributed by atoms with Gasteiger partial charge >= 0.3 is 6.09 Å². The number of amides is 1. The number of likely N-dealkylation sites (tertiary alicyclic amines) is 1. The lowest BCUT2D eigenvalue weighted by atomic mass is 10.3. The fourth-order valence-electron chi connectivity index (χ4n) is 1.19. The Morgan fingerprint density at radius 2 is 2.38 bits per heavy atom. The summed E-state index contributed by atoms with van der Waals surface area (Å²) < 4.78 is 23.6. The van der Waals surface area contributed by atoms with Crippen molar-refractivity contribution in [2.45, 2.75) is 12.5 Å². The summed E-state index contributed by atoms with van der Waals surface area (Å²) >= 11 is -1.97. The molecular weight excluding hydrogens is 198 g/mol. The molecule has 0 aromatic heterocycles. The summed E-state index contributed by atoms with van der Waals surface area (Å²) in [6, 6.07) is 0. The Labute approximate surface area is 77.8 Å². The first-order valence-corrected chi connectivity index (χ1v) is 5.04. The van der Waals surface area contributed by atoms with Crippen LogP contribution in [0.2, 0.25) is 0 Å². The molecule has 1 rings (SSSR count). The van der Waals surface area contributed by atoms with Crippen LogP contribution in [-0.4, -0.2) is 50.0 Å². The van der Waals surface area contributed by atoms with Gasteiger partial charge in [0, 0.05) is 6.54 Å². The standard InChI is InChI=1S/C6H11NO5S/c8-6(9)7-2-1-5(3-7)12-4-13(10)11/h5H,1-4H2,(H,8,9)(H,10,11)/t5-/m1/s1. The van der Waals surface area contributed by atoms with Crippen molar-refractivity contribution >= 4 is 17.2 Å². The van der Waals surface area contributed by atoms with Gasteiger partial charge in [-0.15, -0.1) is 0 Å². The molecule has 1 aliphatic heterocycles. The van der Waals surface area contributed by atoms with E-state index in [1.165, 1.54) is 4.90 Å². The van der Waals surface area contributed by atoms with E-state index in [2.05, 4.69) is 0 Å². The van der Waals surface area contributed by atoms with E-state index in [1.807, 2.05) is 0 Å². The second-order valence-electron chi connectivity index (χ2n) is 2.75. The van der Waals surface area contributed by atoms with Gasteiger partial charge in [-0.05, 0) is 6.42 Å². The Bertz CT molecular complexity index is 221. The van der Waals surface area contributed by atoms with Gasteiger partial charge in [0.15, 0.2) is 11.1 Å². The maximum atomic E-state index is 10.4. The highest BCUT2D eigenvalue weighted by Crippen LogP contribution is 2.12. The Hall–Kier alpha value is -0.660. The van der Waals surface area contributed by atoms with Crippen LogP contribution in [0.15, 0.2) is 0 Å². The molecule has 2 N–H and O–H groups in total. The smallest absolute Gasteiger partial charge is 0.407 e. The zero-order valence-corrected chi connectivity index (χ0v) is 7.70. The van der Waals surface area contributed by atoms with E-state index in [0.29, 0.717) is 13.0 Å². The van der Waals surface area contributed by atoms with Gasteiger partial charge in [0.1, 0.15) is 5.94 Å². The lowest BCUT2D eigenvalue weighted by Gasteiger charge is -2.11. The lowest BCUT2D eigenvalue weighted by molar-refractivity contribution is 0.0886. The summed E-state index contributed by atoms with van der Waals surface area (Å²) in [6.45, 7) is 0.713. The Morgan fingerprint density at radius 1 is 1.69 bits per heavy atom. The van der Waals surface area contributed by atoms with E-state index < -0.39 is 17.2 Å². The average molecular weight is 209 g/mol. The van der Waals surface area contributed by atoms with Crippen LogP contribution >= 0.6 is 0 Å². The highest BCUT2D eigenvalue weighted by atomic mass is 32.2. The number of hydrogen-bond donors (Lipinski definition) is 2. The zero-order chi connectivity index (χ0) is 9.84. The second kappa shape index (κ2) is 4.54. The predicted molar refractivity (Wildman–Crippen MR) is 44.7 cm³/mol. The summed E-state index contributed by atoms with van der Waals surface area (Å²) in [5.41, 5.74) is 0. The molecule has 0 aromatic rings. The minimum Gasteiger partial charge on any atom is -0.465 e. The Kier molecular flexibility index (Phi) is 3.64. The SMILES string of the molecule is O=C(O)N1CC[C@@H](OCS(=O)O)C1. The summed E-state index contributed by atoms with van der Waals surface area (Å²) in [6.07, 6.45) is -0.632. The van der Waals surface area contributed by atoms with Crippen molar-refractivity contribution in [2.24, 2.45) is 0 Å². The van der Waals surface area contributed by atoms with Gasteiger partial charge in [-0.3, -0.25) is 0 Å². The Balaban J connectivity index is 2.25. The fraction of sp³-hybridized carbons (Fsp3) is 0.833. The molecule has 1 fully saturated rings. The summed E-state index contributed by atoms with van der Waals surface area (Å²) in [7, 11) is 0. The normalized spacial score (nSPS) is 24.7. The molecule has 0 aliphatic carbocycles. The third-order valence-corrected chi connectivity index (χ3v) is 2.16. The van der Waals surface area contributed by atoms with E-state index in [1.54, 1.807) is 0 Å². The van der Waals surface area contributed by atoms with Gasteiger partial charge in [0.25, 0.3) is 0 Å². The third-order valence-electron chi connectivity index (χ3n) is 1.82. The minimum atomic E-state index is -1.97. The molecule has 2 atom stereocenters. The topological polar surface area (TPSA) is 87.1 Å². The van der Waals surface area contributed by atoms with Crippen molar-refractivity contribution in [1.29, 1.82) is 0 Å². The second-order valence-corrected chi connectivity index (χ2v) is 3.62. The molecule has 0 saturated carbocycles. The molecule has 1 amide bonds. The molecule has 7 heteroatoms. The summed E-state index contributed by atoms with van der Waals surface area (Å²) in [4.78, 5) is 11.7. The number of ether oxygens (including phenoxy) is 1. The molecule has 1 saturated heterocycles. The van der Waals surface area contributed by atoms with Gasteiger partial charge in [0.05, 0.1) is 12.6 Å². The van der Waals surface area contributed by atoms with Crippen molar-refractivity contribution in [2.75, 3.05) is 19.0 Å². The van der Waals surface area contributed by atoms with Gasteiger partial charge < -0.3 is 19.3 Å². The van der Waals surface area contributed by atoms with Crippen molar-refractivity contribution in [1.82, 2.24) is 4.90 Å².